The third kappa shape index (κ3) is 1.89. The molecule has 4 heteroatoms. The van der Waals surface area contributed by atoms with Crippen molar-refractivity contribution in [2.45, 2.75) is 25.2 Å². The van der Waals surface area contributed by atoms with Gasteiger partial charge in [0.15, 0.2) is 0 Å². The zero-order chi connectivity index (χ0) is 13.5. The molecule has 0 saturated heterocycles. The summed E-state index contributed by atoms with van der Waals surface area (Å²) in [6.45, 7) is 2.02. The lowest BCUT2D eigenvalue weighted by Gasteiger charge is -2.10. The number of hydrogen-bond donors (Lipinski definition) is 1. The number of nitrogens with zero attached hydrogens (tertiary/aromatic N) is 2. The van der Waals surface area contributed by atoms with Gasteiger partial charge >= 0.3 is 5.97 Å². The fourth-order valence-corrected chi connectivity index (χ4v) is 2.26. The van der Waals surface area contributed by atoms with Crippen LogP contribution in [0.1, 0.15) is 24.2 Å². The molecule has 1 fully saturated rings. The van der Waals surface area contributed by atoms with Gasteiger partial charge in [0, 0.05) is 11.8 Å². The number of benzene rings is 1. The zero-order valence-electron chi connectivity index (χ0n) is 10.6. The lowest BCUT2D eigenvalue weighted by atomic mass is 10.0. The highest BCUT2D eigenvalue weighted by molar-refractivity contribution is 5.83. The van der Waals surface area contributed by atoms with Crippen LogP contribution in [0.5, 0.6) is 0 Å². The highest BCUT2D eigenvalue weighted by atomic mass is 16.4. The summed E-state index contributed by atoms with van der Waals surface area (Å²) >= 11 is 0. The number of rotatable bonds is 3. The van der Waals surface area contributed by atoms with Crippen molar-refractivity contribution in [1.82, 2.24) is 9.97 Å². The first-order valence-corrected chi connectivity index (χ1v) is 6.26. The highest BCUT2D eigenvalue weighted by Gasteiger charge is 2.54. The maximum Gasteiger partial charge on any atom is 0.317 e. The van der Waals surface area contributed by atoms with Crippen molar-refractivity contribution < 1.29 is 9.90 Å². The van der Waals surface area contributed by atoms with Gasteiger partial charge in [-0.15, -0.1) is 0 Å². The molecule has 0 bridgehead atoms. The van der Waals surface area contributed by atoms with E-state index < -0.39 is 11.4 Å². The van der Waals surface area contributed by atoms with E-state index in [2.05, 4.69) is 9.97 Å². The lowest BCUT2D eigenvalue weighted by Crippen LogP contribution is -2.22. The van der Waals surface area contributed by atoms with Crippen molar-refractivity contribution in [2.24, 2.45) is 0 Å². The van der Waals surface area contributed by atoms with Crippen LogP contribution < -0.4 is 0 Å². The predicted molar refractivity (Wildman–Crippen MR) is 70.8 cm³/mol. The van der Waals surface area contributed by atoms with Gasteiger partial charge in [0.05, 0.1) is 5.69 Å². The molecular formula is C15H14N2O2. The summed E-state index contributed by atoms with van der Waals surface area (Å²) in [6.07, 6.45) is 2.90. The van der Waals surface area contributed by atoms with Crippen LogP contribution in [-0.4, -0.2) is 21.0 Å². The summed E-state index contributed by atoms with van der Waals surface area (Å²) in [5.74, 6) is -0.393. The van der Waals surface area contributed by atoms with Crippen LogP contribution in [0.3, 0.4) is 0 Å². The number of hydrogen-bond acceptors (Lipinski definition) is 3. The molecule has 0 radical (unpaired) electrons. The van der Waals surface area contributed by atoms with Crippen LogP contribution in [0, 0.1) is 6.92 Å². The minimum Gasteiger partial charge on any atom is -0.480 e. The molecule has 1 saturated carbocycles. The number of aryl methyl sites for hydroxylation is 1. The van der Waals surface area contributed by atoms with Crippen LogP contribution in [-0.2, 0) is 10.2 Å². The van der Waals surface area contributed by atoms with Crippen molar-refractivity contribution in [2.75, 3.05) is 0 Å². The molecule has 1 heterocycles. The second kappa shape index (κ2) is 4.16. The first kappa shape index (κ1) is 11.8. The Balaban J connectivity index is 2.07. The van der Waals surface area contributed by atoms with Crippen molar-refractivity contribution in [3.63, 3.8) is 0 Å². The van der Waals surface area contributed by atoms with E-state index in [-0.39, 0.29) is 0 Å². The van der Waals surface area contributed by atoms with Gasteiger partial charge in [-0.05, 0) is 31.4 Å². The molecule has 1 N–H and O–H groups in total. The normalized spacial score (nSPS) is 16.1. The Bertz CT molecular complexity index is 648. The number of aromatic nitrogens is 2. The van der Waals surface area contributed by atoms with Gasteiger partial charge in [-0.3, -0.25) is 4.79 Å². The number of carboxylic acid groups (broad SMARTS) is 1. The van der Waals surface area contributed by atoms with Crippen LogP contribution in [0.25, 0.3) is 11.3 Å². The van der Waals surface area contributed by atoms with E-state index in [9.17, 15) is 9.90 Å². The maximum absolute atomic E-state index is 11.3. The first-order valence-electron chi connectivity index (χ1n) is 6.26. The molecule has 1 aromatic heterocycles. The fourth-order valence-electron chi connectivity index (χ4n) is 2.26. The quantitative estimate of drug-likeness (QED) is 0.914. The molecule has 1 aromatic carbocycles. The Labute approximate surface area is 111 Å². The third-order valence-electron chi connectivity index (χ3n) is 3.66. The molecule has 19 heavy (non-hydrogen) atoms. The molecule has 0 amide bonds. The Morgan fingerprint density at radius 1 is 1.26 bits per heavy atom. The summed E-state index contributed by atoms with van der Waals surface area (Å²) in [4.78, 5) is 19.9. The molecule has 1 aliphatic carbocycles. The van der Waals surface area contributed by atoms with Crippen LogP contribution in [0.2, 0.25) is 0 Å². The minimum absolute atomic E-state index is 0.431. The van der Waals surface area contributed by atoms with Crippen molar-refractivity contribution in [3.05, 3.63) is 47.9 Å². The molecule has 2 aromatic rings. The van der Waals surface area contributed by atoms with Crippen molar-refractivity contribution in [1.29, 1.82) is 0 Å². The summed E-state index contributed by atoms with van der Waals surface area (Å²) in [6, 6.07) is 9.75. The number of carboxylic acids is 1. The molecule has 4 nitrogen and oxygen atoms in total. The summed E-state index contributed by atoms with van der Waals surface area (Å²) in [7, 11) is 0. The first-order chi connectivity index (χ1) is 9.13. The summed E-state index contributed by atoms with van der Waals surface area (Å²) in [5, 5.41) is 9.29. The largest absolute Gasteiger partial charge is 0.480 e. The molecule has 0 aliphatic heterocycles. The van der Waals surface area contributed by atoms with Gasteiger partial charge in [-0.25, -0.2) is 9.97 Å². The predicted octanol–water partition coefficient (Wildman–Crippen LogP) is 2.57. The molecule has 1 aliphatic rings. The molecular weight excluding hydrogens is 240 g/mol. The Morgan fingerprint density at radius 3 is 2.63 bits per heavy atom. The molecule has 96 valence electrons. The fraction of sp³-hybridized carbons (Fsp3) is 0.267. The van der Waals surface area contributed by atoms with E-state index in [4.69, 9.17) is 0 Å². The summed E-state index contributed by atoms with van der Waals surface area (Å²) in [5.41, 5.74) is 2.08. The number of carbonyl (C=O) groups is 1. The third-order valence-corrected chi connectivity index (χ3v) is 3.66. The SMILES string of the molecule is Cc1ccccc1-c1ccnc(C2(C(=O)O)CC2)n1. The Morgan fingerprint density at radius 2 is 2.00 bits per heavy atom. The Kier molecular flexibility index (Phi) is 2.59. The van der Waals surface area contributed by atoms with Crippen molar-refractivity contribution >= 4 is 5.97 Å². The van der Waals surface area contributed by atoms with E-state index in [0.29, 0.717) is 18.7 Å². The monoisotopic (exact) mass is 254 g/mol. The van der Waals surface area contributed by atoms with Gasteiger partial charge in [0.2, 0.25) is 0 Å². The number of aliphatic carboxylic acids is 1. The van der Waals surface area contributed by atoms with Gasteiger partial charge in [-0.1, -0.05) is 24.3 Å². The molecule has 0 unspecified atom stereocenters. The average Bonchev–Trinajstić information content (AvgIpc) is 3.21. The standard InChI is InChI=1S/C15H14N2O2/c1-10-4-2-3-5-11(10)12-6-9-16-13(17-12)15(7-8-15)14(18)19/h2-6,9H,7-8H2,1H3,(H,18,19). The van der Waals surface area contributed by atoms with Crippen molar-refractivity contribution in [3.8, 4) is 11.3 Å². The smallest absolute Gasteiger partial charge is 0.317 e. The van der Waals surface area contributed by atoms with Crippen LogP contribution in [0.15, 0.2) is 36.5 Å². The van der Waals surface area contributed by atoms with Gasteiger partial charge in [0.1, 0.15) is 11.2 Å². The van der Waals surface area contributed by atoms with E-state index >= 15 is 0 Å². The maximum atomic E-state index is 11.3. The van der Waals surface area contributed by atoms with Gasteiger partial charge < -0.3 is 5.11 Å². The summed E-state index contributed by atoms with van der Waals surface area (Å²) < 4.78 is 0. The zero-order valence-corrected chi connectivity index (χ0v) is 10.6. The molecule has 0 atom stereocenters. The second-order valence-electron chi connectivity index (χ2n) is 4.97. The van der Waals surface area contributed by atoms with Crippen LogP contribution in [0.4, 0.5) is 0 Å². The molecule has 0 spiro atoms. The van der Waals surface area contributed by atoms with Gasteiger partial charge in [0.25, 0.3) is 0 Å². The topological polar surface area (TPSA) is 63.1 Å². The minimum atomic E-state index is -0.849. The van der Waals surface area contributed by atoms with Crippen LogP contribution >= 0.6 is 0 Å². The van der Waals surface area contributed by atoms with E-state index in [0.717, 1.165) is 16.8 Å². The lowest BCUT2D eigenvalue weighted by molar-refractivity contribution is -0.140. The van der Waals surface area contributed by atoms with E-state index in [1.807, 2.05) is 37.3 Å². The average molecular weight is 254 g/mol. The van der Waals surface area contributed by atoms with E-state index in [1.165, 1.54) is 0 Å². The second-order valence-corrected chi connectivity index (χ2v) is 4.97. The Hall–Kier alpha value is -2.23. The van der Waals surface area contributed by atoms with E-state index in [1.54, 1.807) is 6.20 Å². The van der Waals surface area contributed by atoms with Gasteiger partial charge in [-0.2, -0.15) is 0 Å². The molecule has 3 rings (SSSR count). The highest BCUT2D eigenvalue weighted by Crippen LogP contribution is 2.47.